The summed E-state index contributed by atoms with van der Waals surface area (Å²) in [6.45, 7) is 4.35. The van der Waals surface area contributed by atoms with Crippen LogP contribution >= 0.6 is 0 Å². The third kappa shape index (κ3) is 4.86. The Morgan fingerprint density at radius 2 is 1.33 bits per heavy atom. The van der Waals surface area contributed by atoms with Crippen LogP contribution in [-0.2, 0) is 0 Å². The summed E-state index contributed by atoms with van der Waals surface area (Å²) >= 11 is 0. The van der Waals surface area contributed by atoms with Crippen LogP contribution in [0.2, 0.25) is 0 Å². The number of ether oxygens (including phenoxy) is 3. The van der Waals surface area contributed by atoms with E-state index in [1.807, 2.05) is 37.3 Å². The van der Waals surface area contributed by atoms with Gasteiger partial charge in [0, 0.05) is 12.5 Å². The van der Waals surface area contributed by atoms with Crippen LogP contribution in [0.3, 0.4) is 0 Å². The maximum absolute atomic E-state index is 9.95. The molecule has 2 rings (SSSR count). The zero-order valence-electron chi connectivity index (χ0n) is 16.7. The molecular formula is C22H30O5. The maximum Gasteiger partial charge on any atom is 0.161 e. The van der Waals surface area contributed by atoms with Gasteiger partial charge in [-0.3, -0.25) is 0 Å². The number of aliphatic hydroxyl groups excluding tert-OH is 1. The van der Waals surface area contributed by atoms with Crippen LogP contribution in [0, 0.1) is 11.8 Å². The van der Waals surface area contributed by atoms with E-state index in [2.05, 4.69) is 6.92 Å². The maximum atomic E-state index is 9.95. The van der Waals surface area contributed by atoms with Crippen LogP contribution in [0.1, 0.15) is 37.3 Å². The van der Waals surface area contributed by atoms with Crippen LogP contribution in [0.4, 0.5) is 0 Å². The highest BCUT2D eigenvalue weighted by Crippen LogP contribution is 2.40. The standard InChI is InChI=1S/C22H30O5/c1-14(15(2)13-23)10-18(16-6-8-19(24)21(11-16)26-4)17-7-9-20(25-3)22(12-17)27-5/h6-9,11-12,14-15,18,23-24H,10,13H2,1-5H3. The molecular weight excluding hydrogens is 344 g/mol. The summed E-state index contributed by atoms with van der Waals surface area (Å²) in [6, 6.07) is 11.4. The Balaban J connectivity index is 2.49. The van der Waals surface area contributed by atoms with Crippen LogP contribution in [0.15, 0.2) is 36.4 Å². The number of phenols is 1. The summed E-state index contributed by atoms with van der Waals surface area (Å²) in [5.41, 5.74) is 2.12. The minimum atomic E-state index is 0.0586. The van der Waals surface area contributed by atoms with Crippen LogP contribution in [0.25, 0.3) is 0 Å². The van der Waals surface area contributed by atoms with E-state index in [4.69, 9.17) is 14.2 Å². The van der Waals surface area contributed by atoms with Crippen molar-refractivity contribution >= 4 is 0 Å². The molecule has 148 valence electrons. The zero-order chi connectivity index (χ0) is 20.0. The van der Waals surface area contributed by atoms with E-state index in [9.17, 15) is 10.2 Å². The Labute approximate surface area is 161 Å². The lowest BCUT2D eigenvalue weighted by atomic mass is 9.80. The molecule has 0 fully saturated rings. The van der Waals surface area contributed by atoms with Gasteiger partial charge in [-0.25, -0.2) is 0 Å². The number of hydrogen-bond acceptors (Lipinski definition) is 5. The molecule has 3 unspecified atom stereocenters. The molecule has 2 aromatic carbocycles. The molecule has 0 saturated carbocycles. The molecule has 0 saturated heterocycles. The number of methoxy groups -OCH3 is 3. The highest BCUT2D eigenvalue weighted by Gasteiger charge is 2.23. The summed E-state index contributed by atoms with van der Waals surface area (Å²) in [6.07, 6.45) is 0.838. The van der Waals surface area contributed by atoms with Gasteiger partial charge in [-0.15, -0.1) is 0 Å². The quantitative estimate of drug-likeness (QED) is 0.688. The van der Waals surface area contributed by atoms with Crippen molar-refractivity contribution in [2.75, 3.05) is 27.9 Å². The fraction of sp³-hybridized carbons (Fsp3) is 0.455. The lowest BCUT2D eigenvalue weighted by molar-refractivity contribution is 0.188. The predicted molar refractivity (Wildman–Crippen MR) is 106 cm³/mol. The van der Waals surface area contributed by atoms with Gasteiger partial charge in [0.25, 0.3) is 0 Å². The molecule has 2 N–H and O–H groups in total. The lowest BCUT2D eigenvalue weighted by Gasteiger charge is -2.26. The van der Waals surface area contributed by atoms with Gasteiger partial charge < -0.3 is 24.4 Å². The van der Waals surface area contributed by atoms with Crippen LogP contribution in [0.5, 0.6) is 23.0 Å². The number of benzene rings is 2. The van der Waals surface area contributed by atoms with Crippen molar-refractivity contribution in [3.05, 3.63) is 47.5 Å². The van der Waals surface area contributed by atoms with E-state index in [1.165, 1.54) is 0 Å². The average Bonchev–Trinajstić information content (AvgIpc) is 2.71. The summed E-state index contributed by atoms with van der Waals surface area (Å²) in [4.78, 5) is 0. The number of aromatic hydroxyl groups is 1. The molecule has 2 aromatic rings. The van der Waals surface area contributed by atoms with Gasteiger partial charge in [0.2, 0.25) is 0 Å². The topological polar surface area (TPSA) is 68.2 Å². The summed E-state index contributed by atoms with van der Waals surface area (Å²) < 4.78 is 16.1. The molecule has 0 aliphatic carbocycles. The first-order valence-electron chi connectivity index (χ1n) is 9.14. The smallest absolute Gasteiger partial charge is 0.161 e. The normalized spacial score (nSPS) is 14.3. The predicted octanol–water partition coefficient (Wildman–Crippen LogP) is 4.20. The van der Waals surface area contributed by atoms with Gasteiger partial charge in [0.1, 0.15) is 0 Å². The van der Waals surface area contributed by atoms with Crippen LogP contribution in [-0.4, -0.2) is 38.1 Å². The Hall–Kier alpha value is -2.40. The van der Waals surface area contributed by atoms with Gasteiger partial charge in [0.15, 0.2) is 23.0 Å². The summed E-state index contributed by atoms with van der Waals surface area (Å²) in [7, 11) is 4.78. The first kappa shape index (κ1) is 20.9. The molecule has 0 spiro atoms. The number of aliphatic hydroxyl groups is 1. The fourth-order valence-corrected chi connectivity index (χ4v) is 3.23. The minimum Gasteiger partial charge on any atom is -0.504 e. The summed E-state index contributed by atoms with van der Waals surface area (Å²) in [5, 5.41) is 19.5. The highest BCUT2D eigenvalue weighted by atomic mass is 16.5. The summed E-state index contributed by atoms with van der Waals surface area (Å²) in [5.74, 6) is 2.46. The van der Waals surface area contributed by atoms with Gasteiger partial charge in [-0.2, -0.15) is 0 Å². The van der Waals surface area contributed by atoms with E-state index in [-0.39, 0.29) is 24.2 Å². The van der Waals surface area contributed by atoms with Crippen molar-refractivity contribution in [3.8, 4) is 23.0 Å². The van der Waals surface area contributed by atoms with Crippen LogP contribution < -0.4 is 14.2 Å². The first-order chi connectivity index (χ1) is 12.9. The molecule has 0 heterocycles. The van der Waals surface area contributed by atoms with Gasteiger partial charge >= 0.3 is 0 Å². The zero-order valence-corrected chi connectivity index (χ0v) is 16.7. The van der Waals surface area contributed by atoms with Crippen molar-refractivity contribution < 1.29 is 24.4 Å². The van der Waals surface area contributed by atoms with E-state index in [0.717, 1.165) is 17.5 Å². The molecule has 5 heteroatoms. The third-order valence-corrected chi connectivity index (χ3v) is 5.28. The second kappa shape index (κ2) is 9.51. The van der Waals surface area contributed by atoms with E-state index in [1.54, 1.807) is 27.4 Å². The molecule has 0 bridgehead atoms. The second-order valence-electron chi connectivity index (χ2n) is 6.97. The molecule has 0 aromatic heterocycles. The van der Waals surface area contributed by atoms with Gasteiger partial charge in [-0.05, 0) is 53.6 Å². The Kier molecular flexibility index (Phi) is 7.36. The molecule has 0 aliphatic heterocycles. The minimum absolute atomic E-state index is 0.0586. The van der Waals surface area contributed by atoms with E-state index >= 15 is 0 Å². The first-order valence-corrected chi connectivity index (χ1v) is 9.14. The Morgan fingerprint density at radius 3 is 1.89 bits per heavy atom. The largest absolute Gasteiger partial charge is 0.504 e. The van der Waals surface area contributed by atoms with Gasteiger partial charge in [-0.1, -0.05) is 26.0 Å². The number of rotatable bonds is 9. The average molecular weight is 374 g/mol. The number of phenolic OH excluding ortho intramolecular Hbond substituents is 1. The molecule has 0 radical (unpaired) electrons. The third-order valence-electron chi connectivity index (χ3n) is 5.28. The second-order valence-corrected chi connectivity index (χ2v) is 6.97. The molecule has 0 amide bonds. The Morgan fingerprint density at radius 1 is 0.778 bits per heavy atom. The SMILES string of the molecule is COc1cc(C(CC(C)C(C)CO)c2ccc(OC)c(OC)c2)ccc1O. The van der Waals surface area contributed by atoms with Crippen molar-refractivity contribution in [3.63, 3.8) is 0 Å². The van der Waals surface area contributed by atoms with Crippen molar-refractivity contribution in [1.29, 1.82) is 0 Å². The Bertz CT molecular complexity index is 743. The lowest BCUT2D eigenvalue weighted by Crippen LogP contribution is -2.16. The van der Waals surface area contributed by atoms with E-state index < -0.39 is 0 Å². The highest BCUT2D eigenvalue weighted by molar-refractivity contribution is 5.49. The molecule has 0 aliphatic rings. The fourth-order valence-electron chi connectivity index (χ4n) is 3.23. The molecule has 3 atom stereocenters. The van der Waals surface area contributed by atoms with Crippen molar-refractivity contribution in [1.82, 2.24) is 0 Å². The van der Waals surface area contributed by atoms with Crippen molar-refractivity contribution in [2.24, 2.45) is 11.8 Å². The molecule has 5 nitrogen and oxygen atoms in total. The number of hydrogen-bond donors (Lipinski definition) is 2. The molecule has 27 heavy (non-hydrogen) atoms. The van der Waals surface area contributed by atoms with E-state index in [0.29, 0.717) is 23.2 Å². The van der Waals surface area contributed by atoms with Gasteiger partial charge in [0.05, 0.1) is 21.3 Å². The monoisotopic (exact) mass is 374 g/mol. The van der Waals surface area contributed by atoms with Crippen molar-refractivity contribution in [2.45, 2.75) is 26.2 Å².